The molecule has 7 heteroatoms. The molecule has 4 nitrogen and oxygen atoms in total. The molecule has 0 aliphatic heterocycles. The van der Waals surface area contributed by atoms with E-state index < -0.39 is 5.82 Å². The van der Waals surface area contributed by atoms with Crippen LogP contribution in [0.2, 0.25) is 10.0 Å². The molecule has 134 valence electrons. The number of nitrogens with zero attached hydrogens (tertiary/aromatic N) is 2. The van der Waals surface area contributed by atoms with Crippen LogP contribution >= 0.6 is 23.2 Å². The van der Waals surface area contributed by atoms with Gasteiger partial charge in [-0.2, -0.15) is 5.10 Å². The number of halogens is 3. The maximum atomic E-state index is 13.3. The molecule has 1 aromatic heterocycles. The Bertz CT molecular complexity index is 985. The molecule has 0 saturated heterocycles. The fourth-order valence-corrected chi connectivity index (χ4v) is 2.98. The van der Waals surface area contributed by atoms with E-state index in [0.717, 1.165) is 11.3 Å². The van der Waals surface area contributed by atoms with E-state index in [1.54, 1.807) is 29.8 Å². The molecule has 0 radical (unpaired) electrons. The van der Waals surface area contributed by atoms with Gasteiger partial charge in [-0.3, -0.25) is 9.48 Å². The fraction of sp³-hybridized carbons (Fsp3) is 0.158. The second-order valence-electron chi connectivity index (χ2n) is 5.92. The zero-order valence-electron chi connectivity index (χ0n) is 14.2. The van der Waals surface area contributed by atoms with Gasteiger partial charge < -0.3 is 5.32 Å². The topological polar surface area (TPSA) is 46.9 Å². The maximum absolute atomic E-state index is 13.3. The number of nitrogens with one attached hydrogen (secondary N) is 1. The highest BCUT2D eigenvalue weighted by atomic mass is 35.5. The van der Waals surface area contributed by atoms with Gasteiger partial charge in [0.1, 0.15) is 5.82 Å². The first kappa shape index (κ1) is 18.4. The van der Waals surface area contributed by atoms with Crippen LogP contribution in [0, 0.1) is 19.7 Å². The van der Waals surface area contributed by atoms with Crippen LogP contribution in [0.5, 0.6) is 0 Å². The minimum atomic E-state index is -0.457. The van der Waals surface area contributed by atoms with Gasteiger partial charge in [0.25, 0.3) is 5.91 Å². The van der Waals surface area contributed by atoms with Crippen molar-refractivity contribution in [1.29, 1.82) is 0 Å². The number of rotatable bonds is 4. The summed E-state index contributed by atoms with van der Waals surface area (Å²) in [6.07, 6.45) is 0. The number of anilines is 1. The fourth-order valence-electron chi connectivity index (χ4n) is 2.66. The van der Waals surface area contributed by atoms with Gasteiger partial charge in [0.05, 0.1) is 33.7 Å². The standard InChI is InChI=1S/C19H16Cl2FN3O/c1-11-18(23-19(26)14-4-3-5-15(22)9-14)12(2)25(24-11)10-13-6-7-16(20)17(21)8-13/h3-9H,10H2,1-2H3,(H,23,26). The summed E-state index contributed by atoms with van der Waals surface area (Å²) in [5.41, 5.74) is 3.26. The molecule has 3 aromatic rings. The lowest BCUT2D eigenvalue weighted by Crippen LogP contribution is -2.13. The number of benzene rings is 2. The first-order valence-corrected chi connectivity index (χ1v) is 8.65. The molecule has 0 spiro atoms. The summed E-state index contributed by atoms with van der Waals surface area (Å²) < 4.78 is 15.1. The Balaban J connectivity index is 1.83. The van der Waals surface area contributed by atoms with Crippen LogP contribution in [0.25, 0.3) is 0 Å². The summed E-state index contributed by atoms with van der Waals surface area (Å²) in [4.78, 5) is 12.4. The van der Waals surface area contributed by atoms with Gasteiger partial charge in [-0.1, -0.05) is 35.3 Å². The smallest absolute Gasteiger partial charge is 0.255 e. The van der Waals surface area contributed by atoms with Gasteiger partial charge in [-0.05, 0) is 49.7 Å². The molecule has 1 amide bonds. The van der Waals surface area contributed by atoms with E-state index in [-0.39, 0.29) is 11.5 Å². The predicted molar refractivity (Wildman–Crippen MR) is 102 cm³/mol. The van der Waals surface area contributed by atoms with Gasteiger partial charge in [0.2, 0.25) is 0 Å². The molecule has 0 atom stereocenters. The number of hydrogen-bond donors (Lipinski definition) is 1. The van der Waals surface area contributed by atoms with Gasteiger partial charge >= 0.3 is 0 Å². The van der Waals surface area contributed by atoms with E-state index in [1.807, 2.05) is 13.0 Å². The van der Waals surface area contributed by atoms with Crippen molar-refractivity contribution in [2.45, 2.75) is 20.4 Å². The zero-order valence-corrected chi connectivity index (χ0v) is 15.7. The lowest BCUT2D eigenvalue weighted by molar-refractivity contribution is 0.102. The highest BCUT2D eigenvalue weighted by Crippen LogP contribution is 2.25. The van der Waals surface area contributed by atoms with Gasteiger partial charge in [0.15, 0.2) is 0 Å². The van der Waals surface area contributed by atoms with Crippen LogP contribution in [0.4, 0.5) is 10.1 Å². The van der Waals surface area contributed by atoms with Gasteiger partial charge in [-0.15, -0.1) is 0 Å². The Morgan fingerprint density at radius 3 is 2.62 bits per heavy atom. The molecule has 0 aliphatic carbocycles. The third kappa shape index (κ3) is 3.89. The largest absolute Gasteiger partial charge is 0.319 e. The van der Waals surface area contributed by atoms with E-state index in [4.69, 9.17) is 23.2 Å². The van der Waals surface area contributed by atoms with Crippen molar-refractivity contribution in [3.63, 3.8) is 0 Å². The average molecular weight is 392 g/mol. The molecule has 3 rings (SSSR count). The molecular formula is C19H16Cl2FN3O. The molecule has 1 N–H and O–H groups in total. The van der Waals surface area contributed by atoms with E-state index in [9.17, 15) is 9.18 Å². The number of carbonyl (C=O) groups excluding carboxylic acids is 1. The zero-order chi connectivity index (χ0) is 18.8. The molecule has 0 saturated carbocycles. The van der Waals surface area contributed by atoms with Crippen LogP contribution in [0.3, 0.4) is 0 Å². The summed E-state index contributed by atoms with van der Waals surface area (Å²) >= 11 is 12.0. The molecule has 0 unspecified atom stereocenters. The highest BCUT2D eigenvalue weighted by molar-refractivity contribution is 6.42. The number of carbonyl (C=O) groups is 1. The van der Waals surface area contributed by atoms with Crippen LogP contribution in [-0.4, -0.2) is 15.7 Å². The Labute approximate surface area is 160 Å². The molecule has 1 heterocycles. The van der Waals surface area contributed by atoms with E-state index in [2.05, 4.69) is 10.4 Å². The first-order valence-electron chi connectivity index (χ1n) is 7.90. The number of aromatic nitrogens is 2. The molecule has 0 fully saturated rings. The molecule has 26 heavy (non-hydrogen) atoms. The average Bonchev–Trinajstić information content (AvgIpc) is 2.85. The summed E-state index contributed by atoms with van der Waals surface area (Å²) in [6, 6.07) is 10.9. The molecule has 0 aliphatic rings. The van der Waals surface area contributed by atoms with Crippen molar-refractivity contribution in [2.75, 3.05) is 5.32 Å². The highest BCUT2D eigenvalue weighted by Gasteiger charge is 2.16. The van der Waals surface area contributed by atoms with Gasteiger partial charge in [0, 0.05) is 5.56 Å². The number of aryl methyl sites for hydroxylation is 1. The van der Waals surface area contributed by atoms with Gasteiger partial charge in [-0.25, -0.2) is 4.39 Å². The third-order valence-corrected chi connectivity index (χ3v) is 4.76. The number of amides is 1. The summed E-state index contributed by atoms with van der Waals surface area (Å²) in [6.45, 7) is 4.15. The van der Waals surface area contributed by atoms with Crippen molar-refractivity contribution in [3.8, 4) is 0 Å². The molecule has 2 aromatic carbocycles. The van der Waals surface area contributed by atoms with Crippen molar-refractivity contribution < 1.29 is 9.18 Å². The minimum absolute atomic E-state index is 0.251. The SMILES string of the molecule is Cc1nn(Cc2ccc(Cl)c(Cl)c2)c(C)c1NC(=O)c1cccc(F)c1. The van der Waals surface area contributed by atoms with E-state index >= 15 is 0 Å². The lowest BCUT2D eigenvalue weighted by atomic mass is 10.2. The normalized spacial score (nSPS) is 10.8. The first-order chi connectivity index (χ1) is 12.3. The number of hydrogen-bond acceptors (Lipinski definition) is 2. The Hall–Kier alpha value is -2.37. The second kappa shape index (κ2) is 7.48. The second-order valence-corrected chi connectivity index (χ2v) is 6.73. The van der Waals surface area contributed by atoms with Crippen molar-refractivity contribution in [3.05, 3.63) is 80.8 Å². The summed E-state index contributed by atoms with van der Waals surface area (Å²) in [5.74, 6) is -0.841. The quantitative estimate of drug-likeness (QED) is 0.660. The maximum Gasteiger partial charge on any atom is 0.255 e. The monoisotopic (exact) mass is 391 g/mol. The third-order valence-electron chi connectivity index (χ3n) is 4.02. The van der Waals surface area contributed by atoms with Crippen molar-refractivity contribution in [2.24, 2.45) is 0 Å². The minimum Gasteiger partial charge on any atom is -0.319 e. The van der Waals surface area contributed by atoms with Crippen molar-refractivity contribution >= 4 is 34.8 Å². The predicted octanol–water partition coefficient (Wildman–Crippen LogP) is 5.25. The van der Waals surface area contributed by atoms with Crippen LogP contribution in [0.15, 0.2) is 42.5 Å². The van der Waals surface area contributed by atoms with Crippen LogP contribution in [0.1, 0.15) is 27.3 Å². The molecular weight excluding hydrogens is 376 g/mol. The molecule has 0 bridgehead atoms. The Morgan fingerprint density at radius 1 is 1.15 bits per heavy atom. The van der Waals surface area contributed by atoms with E-state index in [1.165, 1.54) is 18.2 Å². The van der Waals surface area contributed by atoms with Crippen molar-refractivity contribution in [1.82, 2.24) is 9.78 Å². The lowest BCUT2D eigenvalue weighted by Gasteiger charge is -2.08. The van der Waals surface area contributed by atoms with Crippen LogP contribution in [-0.2, 0) is 6.54 Å². The summed E-state index contributed by atoms with van der Waals surface area (Å²) in [5, 5.41) is 8.26. The van der Waals surface area contributed by atoms with E-state index in [0.29, 0.717) is 28.0 Å². The Kier molecular flexibility index (Phi) is 5.30. The summed E-state index contributed by atoms with van der Waals surface area (Å²) in [7, 11) is 0. The van der Waals surface area contributed by atoms with Crippen LogP contribution < -0.4 is 5.32 Å². The Morgan fingerprint density at radius 2 is 1.92 bits per heavy atom.